The molecule has 2 aromatic rings. The quantitative estimate of drug-likeness (QED) is 0.730. The fourth-order valence-corrected chi connectivity index (χ4v) is 4.45. The van der Waals surface area contributed by atoms with Gasteiger partial charge in [-0.1, -0.05) is 49.4 Å². The van der Waals surface area contributed by atoms with Crippen molar-refractivity contribution in [3.05, 3.63) is 66.0 Å². The van der Waals surface area contributed by atoms with Crippen molar-refractivity contribution in [1.82, 2.24) is 5.32 Å². The van der Waals surface area contributed by atoms with Gasteiger partial charge in [0.1, 0.15) is 11.9 Å². The number of nitrogens with one attached hydrogen (secondary N) is 1. The number of amides is 1. The summed E-state index contributed by atoms with van der Waals surface area (Å²) in [5, 5.41) is 2.93. The normalized spacial score (nSPS) is 13.0. The van der Waals surface area contributed by atoms with Crippen molar-refractivity contribution in [1.29, 1.82) is 0 Å². The van der Waals surface area contributed by atoms with Gasteiger partial charge in [0.15, 0.2) is 0 Å². The Morgan fingerprint density at radius 3 is 2.21 bits per heavy atom. The first-order chi connectivity index (χ1) is 13.0. The molecule has 0 bridgehead atoms. The average Bonchev–Trinajstić information content (AvgIpc) is 2.59. The molecule has 28 heavy (non-hydrogen) atoms. The number of hydrogen-bond donors (Lipinski definition) is 1. The summed E-state index contributed by atoms with van der Waals surface area (Å²) in [4.78, 5) is 13.0. The topological polar surface area (TPSA) is 66.5 Å². The summed E-state index contributed by atoms with van der Waals surface area (Å²) in [6.45, 7) is 5.45. The minimum absolute atomic E-state index is 0.132. The van der Waals surface area contributed by atoms with Gasteiger partial charge in [-0.2, -0.15) is 0 Å². The lowest BCUT2D eigenvalue weighted by Gasteiger charge is -2.34. The van der Waals surface area contributed by atoms with E-state index in [1.165, 1.54) is 18.2 Å². The number of halogens is 1. The predicted molar refractivity (Wildman–Crippen MR) is 110 cm³/mol. The summed E-state index contributed by atoms with van der Waals surface area (Å²) in [6.07, 6.45) is 1.76. The molecule has 0 aliphatic carbocycles. The summed E-state index contributed by atoms with van der Waals surface area (Å²) >= 11 is 0. The molecule has 0 aliphatic heterocycles. The van der Waals surface area contributed by atoms with Crippen LogP contribution in [0.15, 0.2) is 54.6 Å². The van der Waals surface area contributed by atoms with E-state index in [1.54, 1.807) is 13.0 Å². The molecule has 7 heteroatoms. The van der Waals surface area contributed by atoms with Crippen molar-refractivity contribution in [2.45, 2.75) is 45.2 Å². The second-order valence-electron chi connectivity index (χ2n) is 7.47. The van der Waals surface area contributed by atoms with Gasteiger partial charge < -0.3 is 5.32 Å². The monoisotopic (exact) mass is 406 g/mol. The van der Waals surface area contributed by atoms with Crippen molar-refractivity contribution < 1.29 is 17.6 Å². The van der Waals surface area contributed by atoms with Gasteiger partial charge in [-0.15, -0.1) is 0 Å². The summed E-state index contributed by atoms with van der Waals surface area (Å²) in [7, 11) is -3.88. The zero-order valence-corrected chi connectivity index (χ0v) is 17.5. The number of hydrogen-bond acceptors (Lipinski definition) is 3. The van der Waals surface area contributed by atoms with Crippen LogP contribution in [0.25, 0.3) is 0 Å². The number of anilines is 1. The van der Waals surface area contributed by atoms with Crippen LogP contribution in [0.5, 0.6) is 0 Å². The third-order valence-corrected chi connectivity index (χ3v) is 5.54. The van der Waals surface area contributed by atoms with Crippen LogP contribution >= 0.6 is 0 Å². The van der Waals surface area contributed by atoms with Crippen LogP contribution in [0.2, 0.25) is 0 Å². The number of benzene rings is 2. The lowest BCUT2D eigenvalue weighted by molar-refractivity contribution is -0.123. The van der Waals surface area contributed by atoms with E-state index >= 15 is 0 Å². The molecule has 2 aromatic carbocycles. The number of rotatable bonds is 8. The van der Waals surface area contributed by atoms with Crippen molar-refractivity contribution in [2.24, 2.45) is 0 Å². The van der Waals surface area contributed by atoms with Gasteiger partial charge in [0, 0.05) is 5.54 Å². The van der Waals surface area contributed by atoms with Crippen LogP contribution < -0.4 is 9.62 Å². The lowest BCUT2D eigenvalue weighted by Crippen LogP contribution is -2.55. The van der Waals surface area contributed by atoms with Crippen molar-refractivity contribution in [2.75, 3.05) is 10.6 Å². The van der Waals surface area contributed by atoms with E-state index < -0.39 is 33.3 Å². The van der Waals surface area contributed by atoms with Gasteiger partial charge in [0.25, 0.3) is 0 Å². The summed E-state index contributed by atoms with van der Waals surface area (Å²) < 4.78 is 40.0. The predicted octanol–water partition coefficient (Wildman–Crippen LogP) is 3.51. The Bertz CT molecular complexity index is 914. The number of sulfonamides is 1. The maximum absolute atomic E-state index is 14.3. The third kappa shape index (κ3) is 5.55. The largest absolute Gasteiger partial charge is 0.349 e. The first kappa shape index (κ1) is 21.9. The number of para-hydroxylation sites is 1. The molecule has 1 amide bonds. The summed E-state index contributed by atoms with van der Waals surface area (Å²) in [6, 6.07) is 14.2. The molecule has 1 unspecified atom stereocenters. The molecular formula is C21H27FN2O3S. The zero-order chi connectivity index (χ0) is 20.9. The Labute approximate surface area is 166 Å². The second kappa shape index (κ2) is 8.73. The molecular weight excluding hydrogens is 379 g/mol. The SMILES string of the molecule is CCC(C(=O)NC(C)(C)Cc1ccccc1)N(c1ccccc1F)S(C)(=O)=O. The van der Waals surface area contributed by atoms with Gasteiger partial charge in [-0.05, 0) is 44.4 Å². The minimum atomic E-state index is -3.88. The molecule has 1 atom stereocenters. The third-order valence-electron chi connectivity index (χ3n) is 4.37. The minimum Gasteiger partial charge on any atom is -0.349 e. The number of nitrogens with zero attached hydrogens (tertiary/aromatic N) is 1. The molecule has 0 fully saturated rings. The Hall–Kier alpha value is -2.41. The Morgan fingerprint density at radius 2 is 1.68 bits per heavy atom. The molecule has 0 radical (unpaired) electrons. The average molecular weight is 407 g/mol. The van der Waals surface area contributed by atoms with E-state index in [4.69, 9.17) is 0 Å². The molecule has 0 saturated carbocycles. The number of carbonyl (C=O) groups is 1. The van der Waals surface area contributed by atoms with Crippen LogP contribution in [0.3, 0.4) is 0 Å². The Kier molecular flexibility index (Phi) is 6.82. The molecule has 0 aliphatic rings. The van der Waals surface area contributed by atoms with Crippen LogP contribution in [0, 0.1) is 5.82 Å². The second-order valence-corrected chi connectivity index (χ2v) is 9.33. The number of carbonyl (C=O) groups excluding carboxylic acids is 1. The van der Waals surface area contributed by atoms with E-state index in [2.05, 4.69) is 5.32 Å². The molecule has 0 heterocycles. The van der Waals surface area contributed by atoms with Gasteiger partial charge in [0.2, 0.25) is 15.9 Å². The molecule has 2 rings (SSSR count). The smallest absolute Gasteiger partial charge is 0.244 e. The van der Waals surface area contributed by atoms with Crippen LogP contribution in [-0.4, -0.2) is 32.2 Å². The van der Waals surface area contributed by atoms with Gasteiger partial charge in [0.05, 0.1) is 11.9 Å². The Morgan fingerprint density at radius 1 is 1.11 bits per heavy atom. The first-order valence-corrected chi connectivity index (χ1v) is 11.0. The van der Waals surface area contributed by atoms with Crippen molar-refractivity contribution in [3.63, 3.8) is 0 Å². The first-order valence-electron chi connectivity index (χ1n) is 9.15. The maximum atomic E-state index is 14.3. The molecule has 0 saturated heterocycles. The van der Waals surface area contributed by atoms with E-state index in [-0.39, 0.29) is 12.1 Å². The van der Waals surface area contributed by atoms with E-state index in [0.717, 1.165) is 16.1 Å². The van der Waals surface area contributed by atoms with Crippen LogP contribution in [0.1, 0.15) is 32.8 Å². The maximum Gasteiger partial charge on any atom is 0.244 e. The van der Waals surface area contributed by atoms with Crippen molar-refractivity contribution >= 4 is 21.6 Å². The highest BCUT2D eigenvalue weighted by molar-refractivity contribution is 7.92. The van der Waals surface area contributed by atoms with Crippen molar-refractivity contribution in [3.8, 4) is 0 Å². The Balaban J connectivity index is 2.30. The highest BCUT2D eigenvalue weighted by Gasteiger charge is 2.35. The highest BCUT2D eigenvalue weighted by atomic mass is 32.2. The van der Waals surface area contributed by atoms with E-state index in [0.29, 0.717) is 6.42 Å². The summed E-state index contributed by atoms with van der Waals surface area (Å²) in [5.41, 5.74) is 0.312. The van der Waals surface area contributed by atoms with Crippen LogP contribution in [0.4, 0.5) is 10.1 Å². The fourth-order valence-electron chi connectivity index (χ4n) is 3.23. The van der Waals surface area contributed by atoms with Gasteiger partial charge >= 0.3 is 0 Å². The zero-order valence-electron chi connectivity index (χ0n) is 16.6. The van der Waals surface area contributed by atoms with Gasteiger partial charge in [-0.3, -0.25) is 9.10 Å². The molecule has 1 N–H and O–H groups in total. The van der Waals surface area contributed by atoms with E-state index in [9.17, 15) is 17.6 Å². The fraction of sp³-hybridized carbons (Fsp3) is 0.381. The summed E-state index contributed by atoms with van der Waals surface area (Å²) in [5.74, 6) is -1.15. The molecule has 0 spiro atoms. The van der Waals surface area contributed by atoms with Gasteiger partial charge in [-0.25, -0.2) is 12.8 Å². The molecule has 0 aromatic heterocycles. The van der Waals surface area contributed by atoms with Crippen LogP contribution in [-0.2, 0) is 21.2 Å². The lowest BCUT2D eigenvalue weighted by atomic mass is 9.94. The van der Waals surface area contributed by atoms with E-state index in [1.807, 2.05) is 44.2 Å². The highest BCUT2D eigenvalue weighted by Crippen LogP contribution is 2.26. The molecule has 5 nitrogen and oxygen atoms in total. The molecule has 152 valence electrons. The standard InChI is InChI=1S/C21H27FN2O3S/c1-5-18(24(28(4,26)27)19-14-10-9-13-17(19)22)20(25)23-21(2,3)15-16-11-7-6-8-12-16/h6-14,18H,5,15H2,1-4H3,(H,23,25).